The van der Waals surface area contributed by atoms with Crippen molar-refractivity contribution in [1.29, 1.82) is 0 Å². The van der Waals surface area contributed by atoms with Gasteiger partial charge in [-0.15, -0.1) is 0 Å². The maximum absolute atomic E-state index is 13.0. The number of ether oxygens (including phenoxy) is 1. The number of methoxy groups -OCH3 is 1. The molecular weight excluding hydrogens is 264 g/mol. The third-order valence-corrected chi connectivity index (χ3v) is 4.03. The second-order valence-electron chi connectivity index (χ2n) is 6.13. The predicted molar refractivity (Wildman–Crippen MR) is 84.9 cm³/mol. The van der Waals surface area contributed by atoms with E-state index in [0.29, 0.717) is 12.0 Å². The van der Waals surface area contributed by atoms with Gasteiger partial charge in [-0.2, -0.15) is 0 Å². The first-order valence-corrected chi connectivity index (χ1v) is 7.70. The van der Waals surface area contributed by atoms with Gasteiger partial charge in [0, 0.05) is 30.3 Å². The Hall–Kier alpha value is -1.55. The van der Waals surface area contributed by atoms with E-state index >= 15 is 0 Å². The molecule has 4 heteroatoms. The van der Waals surface area contributed by atoms with E-state index < -0.39 is 0 Å². The lowest BCUT2D eigenvalue weighted by Gasteiger charge is -2.31. The van der Waals surface area contributed by atoms with Gasteiger partial charge in [0.25, 0.3) is 5.91 Å². The Bertz CT molecular complexity index is 494. The average molecular weight is 290 g/mol. The van der Waals surface area contributed by atoms with E-state index in [-0.39, 0.29) is 5.91 Å². The van der Waals surface area contributed by atoms with Gasteiger partial charge in [0.1, 0.15) is 5.75 Å². The lowest BCUT2D eigenvalue weighted by molar-refractivity contribution is 0.0666. The summed E-state index contributed by atoms with van der Waals surface area (Å²) in [7, 11) is 1.64. The van der Waals surface area contributed by atoms with Crippen molar-refractivity contribution in [2.45, 2.75) is 33.2 Å². The number of benzene rings is 1. The SMILES string of the molecule is COc1cccc(C(=O)N(CC(C)C)C2CCNC2)c1C. The molecule has 0 radical (unpaired) electrons. The highest BCUT2D eigenvalue weighted by Gasteiger charge is 2.28. The van der Waals surface area contributed by atoms with Gasteiger partial charge < -0.3 is 15.0 Å². The van der Waals surface area contributed by atoms with Crippen molar-refractivity contribution in [2.24, 2.45) is 5.92 Å². The first-order chi connectivity index (χ1) is 10.0. The normalized spacial score (nSPS) is 18.0. The molecule has 1 atom stereocenters. The molecule has 0 spiro atoms. The molecule has 1 aliphatic rings. The molecule has 1 fully saturated rings. The number of amides is 1. The van der Waals surface area contributed by atoms with Gasteiger partial charge in [0.15, 0.2) is 0 Å². The number of rotatable bonds is 5. The number of carbonyl (C=O) groups excluding carboxylic acids is 1. The average Bonchev–Trinajstić information content (AvgIpc) is 2.98. The van der Waals surface area contributed by atoms with Crippen molar-refractivity contribution in [3.05, 3.63) is 29.3 Å². The molecule has 1 aliphatic heterocycles. The van der Waals surface area contributed by atoms with Crippen LogP contribution in [0, 0.1) is 12.8 Å². The largest absolute Gasteiger partial charge is 0.496 e. The quantitative estimate of drug-likeness (QED) is 0.906. The number of nitrogens with one attached hydrogen (secondary N) is 1. The van der Waals surface area contributed by atoms with Gasteiger partial charge in [-0.1, -0.05) is 19.9 Å². The van der Waals surface area contributed by atoms with Gasteiger partial charge in [-0.05, 0) is 37.9 Å². The third-order valence-electron chi connectivity index (χ3n) is 4.03. The van der Waals surface area contributed by atoms with E-state index in [4.69, 9.17) is 4.74 Å². The molecule has 1 aromatic carbocycles. The predicted octanol–water partition coefficient (Wildman–Crippen LogP) is 2.46. The first-order valence-electron chi connectivity index (χ1n) is 7.70. The van der Waals surface area contributed by atoms with Crippen molar-refractivity contribution < 1.29 is 9.53 Å². The fourth-order valence-corrected chi connectivity index (χ4v) is 2.92. The standard InChI is InChI=1S/C17H26N2O2/c1-12(2)11-19(14-8-9-18-10-14)17(20)15-6-5-7-16(21-4)13(15)3/h5-7,12,14,18H,8-11H2,1-4H3. The molecule has 1 unspecified atom stereocenters. The monoisotopic (exact) mass is 290 g/mol. The zero-order valence-electron chi connectivity index (χ0n) is 13.5. The van der Waals surface area contributed by atoms with E-state index in [1.165, 1.54) is 0 Å². The molecule has 2 rings (SSSR count). The van der Waals surface area contributed by atoms with Crippen molar-refractivity contribution in [3.63, 3.8) is 0 Å². The molecule has 1 amide bonds. The molecule has 1 aromatic rings. The van der Waals surface area contributed by atoms with Gasteiger partial charge in [0.2, 0.25) is 0 Å². The summed E-state index contributed by atoms with van der Waals surface area (Å²) < 4.78 is 5.34. The Morgan fingerprint density at radius 2 is 2.24 bits per heavy atom. The number of carbonyl (C=O) groups is 1. The Morgan fingerprint density at radius 1 is 1.48 bits per heavy atom. The molecule has 0 saturated carbocycles. The minimum absolute atomic E-state index is 0.119. The zero-order chi connectivity index (χ0) is 15.4. The summed E-state index contributed by atoms with van der Waals surface area (Å²) in [5, 5.41) is 3.35. The van der Waals surface area contributed by atoms with Gasteiger partial charge in [-0.25, -0.2) is 0 Å². The topological polar surface area (TPSA) is 41.6 Å². The maximum Gasteiger partial charge on any atom is 0.254 e. The summed E-state index contributed by atoms with van der Waals surface area (Å²) in [4.78, 5) is 15.0. The van der Waals surface area contributed by atoms with Crippen molar-refractivity contribution in [2.75, 3.05) is 26.7 Å². The molecule has 1 heterocycles. The van der Waals surface area contributed by atoms with E-state index in [0.717, 1.165) is 42.9 Å². The van der Waals surface area contributed by atoms with Gasteiger partial charge >= 0.3 is 0 Å². The Labute approximate surface area is 127 Å². The highest BCUT2D eigenvalue weighted by molar-refractivity contribution is 5.96. The summed E-state index contributed by atoms with van der Waals surface area (Å²) in [5.74, 6) is 1.35. The molecule has 1 saturated heterocycles. The summed E-state index contributed by atoms with van der Waals surface area (Å²) in [6, 6.07) is 5.98. The minimum atomic E-state index is 0.119. The molecule has 0 aromatic heterocycles. The highest BCUT2D eigenvalue weighted by Crippen LogP contribution is 2.24. The molecule has 1 N–H and O–H groups in total. The lowest BCUT2D eigenvalue weighted by Crippen LogP contribution is -2.43. The van der Waals surface area contributed by atoms with Crippen LogP contribution in [-0.2, 0) is 0 Å². The molecular formula is C17H26N2O2. The Balaban J connectivity index is 2.29. The van der Waals surface area contributed by atoms with E-state index in [1.54, 1.807) is 7.11 Å². The van der Waals surface area contributed by atoms with Crippen LogP contribution in [0.15, 0.2) is 18.2 Å². The summed E-state index contributed by atoms with van der Waals surface area (Å²) in [5.41, 5.74) is 1.67. The molecule has 21 heavy (non-hydrogen) atoms. The smallest absolute Gasteiger partial charge is 0.254 e. The van der Waals surface area contributed by atoms with Crippen LogP contribution in [0.1, 0.15) is 36.2 Å². The maximum atomic E-state index is 13.0. The Morgan fingerprint density at radius 3 is 2.81 bits per heavy atom. The molecule has 0 bridgehead atoms. The molecule has 116 valence electrons. The molecule has 0 aliphatic carbocycles. The van der Waals surface area contributed by atoms with Gasteiger partial charge in [0.05, 0.1) is 7.11 Å². The summed E-state index contributed by atoms with van der Waals surface area (Å²) >= 11 is 0. The van der Waals surface area contributed by atoms with Crippen LogP contribution in [0.5, 0.6) is 5.75 Å². The van der Waals surface area contributed by atoms with Crippen LogP contribution in [0.25, 0.3) is 0 Å². The molecule has 4 nitrogen and oxygen atoms in total. The fraction of sp³-hybridized carbons (Fsp3) is 0.588. The zero-order valence-corrected chi connectivity index (χ0v) is 13.5. The van der Waals surface area contributed by atoms with Crippen LogP contribution in [0.3, 0.4) is 0 Å². The number of hydrogen-bond acceptors (Lipinski definition) is 3. The summed E-state index contributed by atoms with van der Waals surface area (Å²) in [6.45, 7) is 8.93. The highest BCUT2D eigenvalue weighted by atomic mass is 16.5. The van der Waals surface area contributed by atoms with E-state index in [1.807, 2.05) is 30.0 Å². The fourth-order valence-electron chi connectivity index (χ4n) is 2.92. The third kappa shape index (κ3) is 3.56. The second-order valence-corrected chi connectivity index (χ2v) is 6.13. The van der Waals surface area contributed by atoms with Crippen LogP contribution >= 0.6 is 0 Å². The number of hydrogen-bond donors (Lipinski definition) is 1. The van der Waals surface area contributed by atoms with Crippen LogP contribution in [-0.4, -0.2) is 43.6 Å². The van der Waals surface area contributed by atoms with Crippen molar-refractivity contribution in [3.8, 4) is 5.75 Å². The van der Waals surface area contributed by atoms with E-state index in [2.05, 4.69) is 19.2 Å². The van der Waals surface area contributed by atoms with Gasteiger partial charge in [-0.3, -0.25) is 4.79 Å². The first kappa shape index (κ1) is 15.8. The van der Waals surface area contributed by atoms with E-state index in [9.17, 15) is 4.79 Å². The Kier molecular flexibility index (Phi) is 5.23. The second kappa shape index (κ2) is 6.94. The van der Waals surface area contributed by atoms with Crippen LogP contribution in [0.2, 0.25) is 0 Å². The lowest BCUT2D eigenvalue weighted by atomic mass is 10.0. The van der Waals surface area contributed by atoms with Crippen LogP contribution in [0.4, 0.5) is 0 Å². The van der Waals surface area contributed by atoms with Crippen molar-refractivity contribution >= 4 is 5.91 Å². The minimum Gasteiger partial charge on any atom is -0.496 e. The summed E-state index contributed by atoms with van der Waals surface area (Å²) in [6.07, 6.45) is 1.03. The van der Waals surface area contributed by atoms with Crippen molar-refractivity contribution in [1.82, 2.24) is 10.2 Å². The number of nitrogens with zero attached hydrogens (tertiary/aromatic N) is 1. The van der Waals surface area contributed by atoms with Crippen LogP contribution < -0.4 is 10.1 Å².